The standard InChI is InChI=1S/C80H100O6/c1-50(2)42-62-34-38-76(5)72(83)36-40-79-68-35-39-77(6)73(65(74(84)85)33-20-51(3)52(4)57-15-9-8-10-16-57)71(82)49-80(77,61-29-25-55(26-30-61)43-54-23-21-53(22-24-54)37-41-86-7)70(68)48-78(62,75(76)79)47-67-66(64-19-12-11-17-60(64)46-69(67)79)45-56-14-13-18-59(44-56)58-27-31-63(81)32-28-58/h11-14,17-19,21-24,27-28,31-32,34,44,46-47,50,52,55,57,61,65,69,71-73,75,81-83H,3,8-10,15-16,20,25-26,29-30,33,35-43,45,48-49H2,1-2,4-7H3,(H,84,85). The van der Waals surface area contributed by atoms with Gasteiger partial charge in [-0.25, -0.2) is 0 Å². The molecule has 6 nitrogen and oxygen atoms in total. The number of phenolic OH excluding ortho intramolecular Hbond substituents is 1. The Balaban J connectivity index is 0.970. The molecule has 4 saturated carbocycles. The third-order valence-electron chi connectivity index (χ3n) is 25.8. The lowest BCUT2D eigenvalue weighted by Crippen LogP contribution is -2.69. The molecule has 12 atom stereocenters. The number of carbonyl (C=O) groups is 1. The third kappa shape index (κ3) is 9.76. The van der Waals surface area contributed by atoms with E-state index in [1.54, 1.807) is 36.0 Å². The number of hydrogen-bond acceptors (Lipinski definition) is 5. The van der Waals surface area contributed by atoms with Crippen molar-refractivity contribution in [2.75, 3.05) is 13.7 Å². The maximum absolute atomic E-state index is 14.4. The van der Waals surface area contributed by atoms with Gasteiger partial charge in [-0.05, 0) is 224 Å². The number of carboxylic acid groups (broad SMARTS) is 1. The Morgan fingerprint density at radius 2 is 1.55 bits per heavy atom. The van der Waals surface area contributed by atoms with Gasteiger partial charge in [0.2, 0.25) is 0 Å². The van der Waals surface area contributed by atoms with E-state index in [4.69, 9.17) is 11.3 Å². The van der Waals surface area contributed by atoms with Crippen LogP contribution in [0.4, 0.5) is 0 Å². The number of benzene rings is 4. The number of rotatable bonds is 18. The van der Waals surface area contributed by atoms with E-state index in [0.717, 1.165) is 108 Å². The Labute approximate surface area is 514 Å². The van der Waals surface area contributed by atoms with Crippen molar-refractivity contribution in [1.29, 1.82) is 0 Å². The summed E-state index contributed by atoms with van der Waals surface area (Å²) < 4.78 is 5.41. The molecule has 0 aromatic heterocycles. The van der Waals surface area contributed by atoms with Crippen LogP contribution in [-0.4, -0.2) is 52.3 Å². The summed E-state index contributed by atoms with van der Waals surface area (Å²) >= 11 is 0. The highest BCUT2D eigenvalue weighted by Crippen LogP contribution is 2.83. The average molecular weight is 1160 g/mol. The van der Waals surface area contributed by atoms with Gasteiger partial charge in [0.25, 0.3) is 0 Å². The number of aromatic hydroxyl groups is 1. The highest BCUT2D eigenvalue weighted by Gasteiger charge is 2.77. The fourth-order valence-corrected chi connectivity index (χ4v) is 22.0. The molecule has 456 valence electrons. The van der Waals surface area contributed by atoms with E-state index in [9.17, 15) is 25.2 Å². The summed E-state index contributed by atoms with van der Waals surface area (Å²) in [7, 11) is 1.77. The van der Waals surface area contributed by atoms with Crippen LogP contribution in [-0.2, 0) is 28.8 Å². The Morgan fingerprint density at radius 1 is 0.802 bits per heavy atom. The smallest absolute Gasteiger partial charge is 0.306 e. The Morgan fingerprint density at radius 3 is 2.28 bits per heavy atom. The molecule has 0 spiro atoms. The number of aliphatic carboxylic acids is 1. The summed E-state index contributed by atoms with van der Waals surface area (Å²) in [5, 5.41) is 51.1. The van der Waals surface area contributed by atoms with E-state index in [0.29, 0.717) is 48.9 Å². The van der Waals surface area contributed by atoms with Crippen LogP contribution in [0.15, 0.2) is 144 Å². The molecule has 0 amide bonds. The zero-order chi connectivity index (χ0) is 59.9. The first-order valence-corrected chi connectivity index (χ1v) is 34.1. The van der Waals surface area contributed by atoms with Crippen LogP contribution < -0.4 is 10.4 Å². The number of hydrogen-bond donors (Lipinski definition) is 4. The van der Waals surface area contributed by atoms with Gasteiger partial charge in [-0.3, -0.25) is 4.79 Å². The van der Waals surface area contributed by atoms with Gasteiger partial charge in [0.15, 0.2) is 0 Å². The van der Waals surface area contributed by atoms with E-state index in [1.807, 2.05) is 12.1 Å². The Kier molecular flexibility index (Phi) is 16.1. The quantitative estimate of drug-likeness (QED) is 0.0740. The van der Waals surface area contributed by atoms with Crippen molar-refractivity contribution in [1.82, 2.24) is 0 Å². The summed E-state index contributed by atoms with van der Waals surface area (Å²) in [6.45, 7) is 17.6. The zero-order valence-corrected chi connectivity index (χ0v) is 52.9. The average Bonchev–Trinajstić information content (AvgIpc) is 0.930. The zero-order valence-electron chi connectivity index (χ0n) is 52.9. The number of ether oxygens (including phenoxy) is 1. The minimum Gasteiger partial charge on any atom is -0.508 e. The molecule has 4 aromatic rings. The lowest BCUT2D eigenvalue weighted by Gasteiger charge is -2.74. The summed E-state index contributed by atoms with van der Waals surface area (Å²) in [5.74, 6) is 0.969. The second kappa shape index (κ2) is 23.3. The first kappa shape index (κ1) is 59.7. The molecular formula is C80H100O6. The second-order valence-electron chi connectivity index (χ2n) is 30.5. The maximum Gasteiger partial charge on any atom is 0.306 e. The van der Waals surface area contributed by atoms with E-state index in [2.05, 4.69) is 126 Å². The van der Waals surface area contributed by atoms with Crippen molar-refractivity contribution < 1.29 is 30.0 Å². The highest BCUT2D eigenvalue weighted by molar-refractivity contribution is 5.78. The summed E-state index contributed by atoms with van der Waals surface area (Å²) in [6.07, 6.45) is 28.5. The first-order chi connectivity index (χ1) is 41.4. The molecule has 6 heteroatoms. The molecule has 0 heterocycles. The lowest BCUT2D eigenvalue weighted by molar-refractivity contribution is -0.168. The van der Waals surface area contributed by atoms with Crippen molar-refractivity contribution in [2.24, 2.45) is 80.3 Å². The van der Waals surface area contributed by atoms with Crippen LogP contribution in [0.5, 0.6) is 5.75 Å². The van der Waals surface area contributed by atoms with Gasteiger partial charge in [-0.1, -0.05) is 186 Å². The van der Waals surface area contributed by atoms with Gasteiger partial charge in [0.1, 0.15) is 5.75 Å². The number of fused-ring (bicyclic) bond motifs is 4. The molecule has 4 N–H and O–H groups in total. The van der Waals surface area contributed by atoms with Gasteiger partial charge in [0.05, 0.1) is 24.7 Å². The fraction of sp³-hybridized carbons (Fsp3) is 0.562. The lowest BCUT2D eigenvalue weighted by atomic mass is 9.29. The van der Waals surface area contributed by atoms with Crippen molar-refractivity contribution in [2.45, 2.75) is 188 Å². The SMILES string of the molecule is C=C(CCC(C(=O)O)C1C(O)CC2(C3CCC(Cc4ccc(CCOC)cc4)CC3)C3=C(CCC12C)C12CCC(O)C4(C)CC=C(CC(C)C)C(C=C5C(Cc6cccc(-c7ccc(O)cc7)c6)=c6ccccc6=CC51)(C3)C42)C(C)C1CCCCC1. The monoisotopic (exact) mass is 1160 g/mol. The Hall–Kier alpha value is -5.27. The molecule has 0 saturated heterocycles. The van der Waals surface area contributed by atoms with Gasteiger partial charge < -0.3 is 25.2 Å². The number of phenols is 1. The number of methoxy groups -OCH3 is 1. The predicted molar refractivity (Wildman–Crippen MR) is 348 cm³/mol. The Bertz CT molecular complexity index is 3440. The molecule has 4 fully saturated rings. The molecule has 13 rings (SSSR count). The van der Waals surface area contributed by atoms with Crippen LogP contribution in [0.3, 0.4) is 0 Å². The highest BCUT2D eigenvalue weighted by atomic mass is 16.5. The molecule has 0 aliphatic heterocycles. The first-order valence-electron chi connectivity index (χ1n) is 34.1. The number of aliphatic hydroxyl groups is 2. The van der Waals surface area contributed by atoms with Crippen molar-refractivity contribution in [3.05, 3.63) is 171 Å². The molecule has 0 radical (unpaired) electrons. The molecule has 4 aromatic carbocycles. The van der Waals surface area contributed by atoms with Crippen LogP contribution in [0.2, 0.25) is 0 Å². The minimum atomic E-state index is -0.745. The molecule has 9 aliphatic carbocycles. The predicted octanol–water partition coefficient (Wildman–Crippen LogP) is 16.3. The minimum absolute atomic E-state index is 0.0745. The van der Waals surface area contributed by atoms with E-state index < -0.39 is 40.3 Å². The van der Waals surface area contributed by atoms with Crippen molar-refractivity contribution >= 4 is 17.6 Å². The summed E-state index contributed by atoms with van der Waals surface area (Å²) in [6, 6.07) is 35.1. The fourth-order valence-electron chi connectivity index (χ4n) is 22.0. The summed E-state index contributed by atoms with van der Waals surface area (Å²) in [4.78, 5) is 14.4. The number of allylic oxidation sites excluding steroid dienone is 7. The van der Waals surface area contributed by atoms with Crippen LogP contribution in [0.25, 0.3) is 22.8 Å². The summed E-state index contributed by atoms with van der Waals surface area (Å²) in [5.41, 5.74) is 13.2. The van der Waals surface area contributed by atoms with Gasteiger partial charge >= 0.3 is 5.97 Å². The van der Waals surface area contributed by atoms with Gasteiger partial charge in [-0.2, -0.15) is 0 Å². The molecule has 12 unspecified atom stereocenters. The molecule has 9 aliphatic rings. The maximum atomic E-state index is 14.4. The second-order valence-corrected chi connectivity index (χ2v) is 30.5. The molecule has 2 bridgehead atoms. The third-order valence-corrected chi connectivity index (χ3v) is 25.8. The van der Waals surface area contributed by atoms with E-state index >= 15 is 0 Å². The van der Waals surface area contributed by atoms with E-state index in [-0.39, 0.29) is 34.3 Å². The van der Waals surface area contributed by atoms with E-state index in [1.165, 1.54) is 76.0 Å². The van der Waals surface area contributed by atoms with Gasteiger partial charge in [0, 0.05) is 40.6 Å². The van der Waals surface area contributed by atoms with Crippen LogP contribution in [0.1, 0.15) is 173 Å². The number of carboxylic acids is 1. The van der Waals surface area contributed by atoms with Crippen molar-refractivity contribution in [3.63, 3.8) is 0 Å². The van der Waals surface area contributed by atoms with Crippen LogP contribution >= 0.6 is 0 Å². The molecule has 86 heavy (non-hydrogen) atoms. The molecular weight excluding hydrogens is 1060 g/mol. The topological polar surface area (TPSA) is 107 Å². The van der Waals surface area contributed by atoms with Crippen molar-refractivity contribution in [3.8, 4) is 16.9 Å². The van der Waals surface area contributed by atoms with Gasteiger partial charge in [-0.15, -0.1) is 0 Å². The van der Waals surface area contributed by atoms with Crippen LogP contribution in [0, 0.1) is 80.3 Å². The number of aliphatic hydroxyl groups excluding tert-OH is 2. The largest absolute Gasteiger partial charge is 0.508 e. The normalized spacial score (nSPS) is 34.3.